The van der Waals surface area contributed by atoms with Crippen molar-refractivity contribution in [3.63, 3.8) is 0 Å². The van der Waals surface area contributed by atoms with Crippen molar-refractivity contribution < 1.29 is 23.9 Å². The second kappa shape index (κ2) is 11.1. The Morgan fingerprint density at radius 1 is 1.26 bits per heavy atom. The summed E-state index contributed by atoms with van der Waals surface area (Å²) >= 11 is 5.91. The zero-order valence-corrected chi connectivity index (χ0v) is 16.4. The predicted octanol–water partition coefficient (Wildman–Crippen LogP) is 3.65. The highest BCUT2D eigenvalue weighted by molar-refractivity contribution is 6.31. The molecular formula is C20H26ClNO5. The molecule has 0 spiro atoms. The van der Waals surface area contributed by atoms with E-state index in [1.54, 1.807) is 6.92 Å². The van der Waals surface area contributed by atoms with E-state index >= 15 is 0 Å². The van der Waals surface area contributed by atoms with Crippen LogP contribution in [0.4, 0.5) is 0 Å². The Kier molecular flexibility index (Phi) is 8.88. The van der Waals surface area contributed by atoms with Crippen molar-refractivity contribution >= 4 is 29.1 Å². The van der Waals surface area contributed by atoms with Crippen LogP contribution in [-0.2, 0) is 19.1 Å². The number of hydrogen-bond donors (Lipinski definition) is 0. The molecule has 1 aliphatic rings. The minimum Gasteiger partial charge on any atom is -0.466 e. The van der Waals surface area contributed by atoms with Crippen LogP contribution in [0.5, 0.6) is 0 Å². The van der Waals surface area contributed by atoms with Gasteiger partial charge < -0.3 is 9.47 Å². The number of halogens is 1. The van der Waals surface area contributed by atoms with Gasteiger partial charge >= 0.3 is 5.97 Å². The van der Waals surface area contributed by atoms with Crippen molar-refractivity contribution in [2.45, 2.75) is 45.4 Å². The molecule has 27 heavy (non-hydrogen) atoms. The van der Waals surface area contributed by atoms with Crippen LogP contribution in [0.25, 0.3) is 0 Å². The molecule has 0 radical (unpaired) electrons. The SMILES string of the molecule is CCOC(=O)CCCCC(C(=O)COCC1CC1)C(=O)c1cncc(Cl)c1. The molecule has 6 nitrogen and oxygen atoms in total. The van der Waals surface area contributed by atoms with Crippen LogP contribution in [0, 0.1) is 11.8 Å². The minimum atomic E-state index is -0.813. The molecule has 0 aliphatic heterocycles. The quantitative estimate of drug-likeness (QED) is 0.219. The zero-order valence-electron chi connectivity index (χ0n) is 15.6. The van der Waals surface area contributed by atoms with Crippen LogP contribution in [0.2, 0.25) is 5.02 Å². The maximum absolute atomic E-state index is 12.8. The van der Waals surface area contributed by atoms with Crippen molar-refractivity contribution in [1.29, 1.82) is 0 Å². The van der Waals surface area contributed by atoms with Gasteiger partial charge in [-0.15, -0.1) is 0 Å². The molecular weight excluding hydrogens is 370 g/mol. The van der Waals surface area contributed by atoms with Crippen molar-refractivity contribution in [1.82, 2.24) is 4.98 Å². The first kappa shape index (κ1) is 21.5. The van der Waals surface area contributed by atoms with Crippen LogP contribution < -0.4 is 0 Å². The highest BCUT2D eigenvalue weighted by Crippen LogP contribution is 2.29. The van der Waals surface area contributed by atoms with Crippen molar-refractivity contribution in [3.8, 4) is 0 Å². The maximum atomic E-state index is 12.8. The summed E-state index contributed by atoms with van der Waals surface area (Å²) in [7, 11) is 0. The first-order valence-corrected chi connectivity index (χ1v) is 9.80. The first-order valence-electron chi connectivity index (χ1n) is 9.42. The Hall–Kier alpha value is -1.79. The summed E-state index contributed by atoms with van der Waals surface area (Å²) < 4.78 is 10.4. The fraction of sp³-hybridized carbons (Fsp3) is 0.600. The molecule has 0 N–H and O–H groups in total. The fourth-order valence-corrected chi connectivity index (χ4v) is 2.92. The number of ether oxygens (including phenoxy) is 2. The topological polar surface area (TPSA) is 82.6 Å². The smallest absolute Gasteiger partial charge is 0.305 e. The second-order valence-corrected chi connectivity index (χ2v) is 7.22. The van der Waals surface area contributed by atoms with Crippen LogP contribution in [0.15, 0.2) is 18.5 Å². The van der Waals surface area contributed by atoms with Gasteiger partial charge in [-0.3, -0.25) is 19.4 Å². The van der Waals surface area contributed by atoms with E-state index in [1.165, 1.54) is 18.5 Å². The summed E-state index contributed by atoms with van der Waals surface area (Å²) in [5, 5.41) is 0.347. The average Bonchev–Trinajstić information content (AvgIpc) is 3.45. The summed E-state index contributed by atoms with van der Waals surface area (Å²) in [6.07, 6.45) is 6.89. The number of aromatic nitrogens is 1. The number of nitrogens with zero attached hydrogens (tertiary/aromatic N) is 1. The van der Waals surface area contributed by atoms with Crippen LogP contribution in [-0.4, -0.2) is 42.3 Å². The Morgan fingerprint density at radius 3 is 2.70 bits per heavy atom. The Labute approximate surface area is 164 Å². The largest absolute Gasteiger partial charge is 0.466 e. The highest BCUT2D eigenvalue weighted by atomic mass is 35.5. The molecule has 0 saturated heterocycles. The summed E-state index contributed by atoms with van der Waals surface area (Å²) in [6, 6.07) is 1.51. The second-order valence-electron chi connectivity index (χ2n) is 6.78. The number of rotatable bonds is 13. The van der Waals surface area contributed by atoms with Crippen LogP contribution in [0.3, 0.4) is 0 Å². The summed E-state index contributed by atoms with van der Waals surface area (Å²) in [6.45, 7) is 2.59. The minimum absolute atomic E-state index is 0.0707. The van der Waals surface area contributed by atoms with Gasteiger partial charge in [0.2, 0.25) is 0 Å². The van der Waals surface area contributed by atoms with Gasteiger partial charge in [0.05, 0.1) is 17.5 Å². The highest BCUT2D eigenvalue weighted by Gasteiger charge is 2.28. The lowest BCUT2D eigenvalue weighted by molar-refractivity contribution is -0.143. The molecule has 1 aliphatic carbocycles. The number of unbranched alkanes of at least 4 members (excludes halogenated alkanes) is 1. The van der Waals surface area contributed by atoms with Crippen LogP contribution >= 0.6 is 11.6 Å². The lowest BCUT2D eigenvalue weighted by Crippen LogP contribution is -2.28. The van der Waals surface area contributed by atoms with E-state index < -0.39 is 5.92 Å². The van der Waals surface area contributed by atoms with Gasteiger partial charge in [-0.2, -0.15) is 0 Å². The third kappa shape index (κ3) is 7.77. The Morgan fingerprint density at radius 2 is 2.04 bits per heavy atom. The van der Waals surface area contributed by atoms with Gasteiger partial charge in [0.25, 0.3) is 0 Å². The molecule has 1 aromatic rings. The Bertz CT molecular complexity index is 660. The van der Waals surface area contributed by atoms with E-state index in [0.29, 0.717) is 49.0 Å². The molecule has 1 aromatic heterocycles. The molecule has 7 heteroatoms. The normalized spacial score (nSPS) is 14.6. The molecule has 2 rings (SSSR count). The molecule has 1 unspecified atom stereocenters. The summed E-state index contributed by atoms with van der Waals surface area (Å²) in [5.41, 5.74) is 0.313. The van der Waals surface area contributed by atoms with Crippen LogP contribution in [0.1, 0.15) is 55.8 Å². The fourth-order valence-electron chi connectivity index (χ4n) is 2.75. The monoisotopic (exact) mass is 395 g/mol. The number of ketones is 2. The van der Waals surface area contributed by atoms with Gasteiger partial charge in [0.1, 0.15) is 6.61 Å². The first-order chi connectivity index (χ1) is 13.0. The molecule has 0 amide bonds. The number of carbonyl (C=O) groups is 3. The molecule has 0 bridgehead atoms. The van der Waals surface area contributed by atoms with Crippen molar-refractivity contribution in [2.24, 2.45) is 11.8 Å². The van der Waals surface area contributed by atoms with E-state index in [9.17, 15) is 14.4 Å². The lowest BCUT2D eigenvalue weighted by atomic mass is 9.89. The summed E-state index contributed by atoms with van der Waals surface area (Å²) in [4.78, 5) is 40.7. The number of esters is 1. The van der Waals surface area contributed by atoms with E-state index in [4.69, 9.17) is 21.1 Å². The molecule has 1 fully saturated rings. The molecule has 1 saturated carbocycles. The number of carbonyl (C=O) groups excluding carboxylic acids is 3. The third-order valence-electron chi connectivity index (χ3n) is 4.42. The van der Waals surface area contributed by atoms with Gasteiger partial charge in [0.15, 0.2) is 11.6 Å². The van der Waals surface area contributed by atoms with Crippen molar-refractivity contribution in [2.75, 3.05) is 19.8 Å². The predicted molar refractivity (Wildman–Crippen MR) is 101 cm³/mol. The third-order valence-corrected chi connectivity index (χ3v) is 4.63. The number of hydrogen-bond acceptors (Lipinski definition) is 6. The van der Waals surface area contributed by atoms with Gasteiger partial charge in [-0.05, 0) is 44.6 Å². The van der Waals surface area contributed by atoms with E-state index in [-0.39, 0.29) is 30.6 Å². The maximum Gasteiger partial charge on any atom is 0.305 e. The molecule has 1 heterocycles. The lowest BCUT2D eigenvalue weighted by Gasteiger charge is -2.15. The number of pyridine rings is 1. The van der Waals surface area contributed by atoms with E-state index in [2.05, 4.69) is 4.98 Å². The zero-order chi connectivity index (χ0) is 19.6. The van der Waals surface area contributed by atoms with Gasteiger partial charge in [-0.25, -0.2) is 0 Å². The van der Waals surface area contributed by atoms with Crippen molar-refractivity contribution in [3.05, 3.63) is 29.0 Å². The van der Waals surface area contributed by atoms with Gasteiger partial charge in [0, 0.05) is 31.0 Å². The average molecular weight is 396 g/mol. The van der Waals surface area contributed by atoms with E-state index in [1.807, 2.05) is 0 Å². The molecule has 1 atom stereocenters. The summed E-state index contributed by atoms with van der Waals surface area (Å²) in [5.74, 6) is -1.07. The molecule has 0 aromatic carbocycles. The molecule has 148 valence electrons. The standard InChI is InChI=1S/C20H26ClNO5/c1-2-27-19(24)6-4-3-5-17(18(23)13-26-12-14-7-8-14)20(25)15-9-16(21)11-22-10-15/h9-11,14,17H,2-8,12-13H2,1H3. The Balaban J connectivity index is 1.92. The van der Waals surface area contributed by atoms with E-state index in [0.717, 1.165) is 12.8 Å². The van der Waals surface area contributed by atoms with Gasteiger partial charge in [-0.1, -0.05) is 18.0 Å². The number of Topliss-reactive ketones (excluding diaryl/α,β-unsaturated/α-hetero) is 2.